The van der Waals surface area contributed by atoms with Gasteiger partial charge in [0.2, 0.25) is 0 Å². The first-order valence-corrected chi connectivity index (χ1v) is 14.1. The number of hydrogen-bond acceptors (Lipinski definition) is 5. The van der Waals surface area contributed by atoms with E-state index in [9.17, 15) is 36.0 Å². The van der Waals surface area contributed by atoms with E-state index >= 15 is 0 Å². The van der Waals surface area contributed by atoms with Crippen LogP contribution in [-0.4, -0.2) is 52.1 Å². The SMILES string of the molecule is Cc1c(C(=O)N[C@@H]2CCCC[C@@H]2O)nn(-c2ccccc2Cl)c1-c1ccc(C(CC(F)(F)F)S(=O)(=O)O)cc1. The van der Waals surface area contributed by atoms with Gasteiger partial charge in [-0.3, -0.25) is 9.35 Å². The molecule has 3 N–H and O–H groups in total. The molecule has 1 aliphatic rings. The minimum absolute atomic E-state index is 0.0691. The molecule has 1 saturated carbocycles. The number of hydrogen-bond donors (Lipinski definition) is 3. The van der Waals surface area contributed by atoms with Crippen LogP contribution in [0.3, 0.4) is 0 Å². The summed E-state index contributed by atoms with van der Waals surface area (Å²) in [5.74, 6) is -0.501. The average molecular weight is 586 g/mol. The van der Waals surface area contributed by atoms with E-state index < -0.39 is 46.0 Å². The van der Waals surface area contributed by atoms with Crippen molar-refractivity contribution in [3.8, 4) is 16.9 Å². The van der Waals surface area contributed by atoms with E-state index in [0.29, 0.717) is 40.4 Å². The number of rotatable bonds is 7. The third-order valence-corrected chi connectivity index (χ3v) is 8.27. The van der Waals surface area contributed by atoms with Crippen LogP contribution in [0.4, 0.5) is 13.2 Å². The lowest BCUT2D eigenvalue weighted by Crippen LogP contribution is -2.45. The maximum Gasteiger partial charge on any atom is 0.390 e. The van der Waals surface area contributed by atoms with Gasteiger partial charge in [0.15, 0.2) is 5.69 Å². The Bertz CT molecular complexity index is 1460. The van der Waals surface area contributed by atoms with Crippen LogP contribution in [0.15, 0.2) is 48.5 Å². The van der Waals surface area contributed by atoms with Crippen LogP contribution in [0, 0.1) is 6.92 Å². The second-order valence-corrected chi connectivity index (χ2v) is 11.6. The maximum absolute atomic E-state index is 13.2. The number of para-hydroxylation sites is 1. The predicted octanol–water partition coefficient (Wildman–Crippen LogP) is 5.42. The third kappa shape index (κ3) is 6.63. The second kappa shape index (κ2) is 11.3. The van der Waals surface area contributed by atoms with Gasteiger partial charge in [0, 0.05) is 11.1 Å². The van der Waals surface area contributed by atoms with Gasteiger partial charge in [-0.25, -0.2) is 4.68 Å². The Kier molecular flexibility index (Phi) is 8.41. The lowest BCUT2D eigenvalue weighted by Gasteiger charge is -2.28. The highest BCUT2D eigenvalue weighted by molar-refractivity contribution is 7.86. The molecule has 1 fully saturated rings. The summed E-state index contributed by atoms with van der Waals surface area (Å²) in [5.41, 5.74) is 1.52. The van der Waals surface area contributed by atoms with Gasteiger partial charge in [0.25, 0.3) is 16.0 Å². The van der Waals surface area contributed by atoms with E-state index in [0.717, 1.165) is 12.8 Å². The number of aliphatic hydroxyl groups is 1. The Hall–Kier alpha value is -2.93. The van der Waals surface area contributed by atoms with Gasteiger partial charge in [-0.05, 0) is 37.5 Å². The predicted molar refractivity (Wildman–Crippen MR) is 139 cm³/mol. The average Bonchev–Trinajstić information content (AvgIpc) is 3.20. The number of aliphatic hydroxyl groups excluding tert-OH is 1. The van der Waals surface area contributed by atoms with Crippen LogP contribution in [0.5, 0.6) is 0 Å². The van der Waals surface area contributed by atoms with Gasteiger partial charge >= 0.3 is 6.18 Å². The minimum atomic E-state index is -5.05. The van der Waals surface area contributed by atoms with Gasteiger partial charge in [0.05, 0.1) is 35.0 Å². The van der Waals surface area contributed by atoms with Gasteiger partial charge in [0.1, 0.15) is 5.25 Å². The Morgan fingerprint density at radius 1 is 1.15 bits per heavy atom. The molecule has 8 nitrogen and oxygen atoms in total. The molecule has 1 unspecified atom stereocenters. The number of carbonyl (C=O) groups is 1. The van der Waals surface area contributed by atoms with Crippen LogP contribution in [0.25, 0.3) is 16.9 Å². The van der Waals surface area contributed by atoms with Crippen molar-refractivity contribution in [2.45, 2.75) is 62.6 Å². The molecule has 39 heavy (non-hydrogen) atoms. The van der Waals surface area contributed by atoms with Crippen LogP contribution < -0.4 is 5.32 Å². The molecule has 210 valence electrons. The Labute approximate surface area is 228 Å². The number of nitrogens with zero attached hydrogens (tertiary/aromatic N) is 2. The molecule has 0 saturated heterocycles. The molecule has 2 aromatic carbocycles. The van der Waals surface area contributed by atoms with Crippen LogP contribution in [0.2, 0.25) is 5.02 Å². The quantitative estimate of drug-likeness (QED) is 0.319. The fraction of sp³-hybridized carbons (Fsp3) is 0.385. The Balaban J connectivity index is 1.77. The first kappa shape index (κ1) is 29.1. The van der Waals surface area contributed by atoms with Crippen molar-refractivity contribution in [2.24, 2.45) is 0 Å². The Morgan fingerprint density at radius 2 is 1.79 bits per heavy atom. The molecule has 3 atom stereocenters. The summed E-state index contributed by atoms with van der Waals surface area (Å²) < 4.78 is 73.4. The highest BCUT2D eigenvalue weighted by Crippen LogP contribution is 2.37. The molecule has 1 aliphatic carbocycles. The summed E-state index contributed by atoms with van der Waals surface area (Å²) in [7, 11) is -5.05. The number of aromatic nitrogens is 2. The van der Waals surface area contributed by atoms with Gasteiger partial charge < -0.3 is 10.4 Å². The second-order valence-electron chi connectivity index (χ2n) is 9.56. The summed E-state index contributed by atoms with van der Waals surface area (Å²) in [6.45, 7) is 1.65. The lowest BCUT2D eigenvalue weighted by molar-refractivity contribution is -0.135. The molecule has 13 heteroatoms. The van der Waals surface area contributed by atoms with Crippen LogP contribution >= 0.6 is 11.6 Å². The van der Waals surface area contributed by atoms with Crippen molar-refractivity contribution < 1.29 is 36.0 Å². The molecule has 0 aliphatic heterocycles. The highest BCUT2D eigenvalue weighted by atomic mass is 35.5. The van der Waals surface area contributed by atoms with Crippen molar-refractivity contribution in [1.82, 2.24) is 15.1 Å². The zero-order valence-corrected chi connectivity index (χ0v) is 22.4. The number of amides is 1. The first-order valence-electron chi connectivity index (χ1n) is 12.2. The van der Waals surface area contributed by atoms with Crippen LogP contribution in [0.1, 0.15) is 59.0 Å². The van der Waals surface area contributed by atoms with Crippen LogP contribution in [-0.2, 0) is 10.1 Å². The highest BCUT2D eigenvalue weighted by Gasteiger charge is 2.39. The number of nitrogens with one attached hydrogen (secondary N) is 1. The first-order chi connectivity index (χ1) is 18.3. The molecule has 3 aromatic rings. The van der Waals surface area contributed by atoms with E-state index in [2.05, 4.69) is 10.4 Å². The number of alkyl halides is 3. The largest absolute Gasteiger partial charge is 0.391 e. The summed E-state index contributed by atoms with van der Waals surface area (Å²) in [6.07, 6.45) is -4.31. The standard InChI is InChI=1S/C26H27ClF3N3O5S/c1-15-23(25(35)31-19-7-3-5-9-21(19)34)32-33(20-8-4-2-6-18(20)27)24(15)17-12-10-16(11-13-17)22(39(36,37)38)14-26(28,29)30/h2,4,6,8,10-13,19,21-22,34H,3,5,7,9,14H2,1H3,(H,31,35)(H,36,37,38)/t19-,21+,22?/m1/s1. The maximum atomic E-state index is 13.2. The summed E-state index contributed by atoms with van der Waals surface area (Å²) >= 11 is 6.42. The third-order valence-electron chi connectivity index (χ3n) is 6.80. The number of carbonyl (C=O) groups excluding carboxylic acids is 1. The molecular weight excluding hydrogens is 559 g/mol. The van der Waals surface area contributed by atoms with Crippen molar-refractivity contribution in [1.29, 1.82) is 0 Å². The number of benzene rings is 2. The molecule has 1 heterocycles. The van der Waals surface area contributed by atoms with Crippen molar-refractivity contribution in [2.75, 3.05) is 0 Å². The normalized spacial score (nSPS) is 19.1. The van der Waals surface area contributed by atoms with E-state index in [1.807, 2.05) is 0 Å². The van der Waals surface area contributed by atoms with Crippen molar-refractivity contribution >= 4 is 27.6 Å². The summed E-state index contributed by atoms with van der Waals surface area (Å²) in [4.78, 5) is 13.2. The summed E-state index contributed by atoms with van der Waals surface area (Å²) in [6, 6.07) is 11.5. The van der Waals surface area contributed by atoms with Gasteiger partial charge in [-0.2, -0.15) is 26.7 Å². The zero-order valence-electron chi connectivity index (χ0n) is 20.8. The smallest absolute Gasteiger partial charge is 0.390 e. The molecule has 0 radical (unpaired) electrons. The summed E-state index contributed by atoms with van der Waals surface area (Å²) in [5, 5.41) is 15.8. The fourth-order valence-electron chi connectivity index (χ4n) is 4.83. The van der Waals surface area contributed by atoms with Crippen molar-refractivity contribution in [3.05, 3.63) is 70.4 Å². The minimum Gasteiger partial charge on any atom is -0.391 e. The lowest BCUT2D eigenvalue weighted by atomic mass is 9.92. The Morgan fingerprint density at radius 3 is 2.38 bits per heavy atom. The number of halogens is 4. The van der Waals surface area contributed by atoms with E-state index in [-0.39, 0.29) is 11.3 Å². The monoisotopic (exact) mass is 585 g/mol. The van der Waals surface area contributed by atoms with Gasteiger partial charge in [-0.1, -0.05) is 60.8 Å². The van der Waals surface area contributed by atoms with E-state index in [4.69, 9.17) is 11.6 Å². The van der Waals surface area contributed by atoms with E-state index in [1.54, 1.807) is 31.2 Å². The molecule has 0 spiro atoms. The topological polar surface area (TPSA) is 122 Å². The molecular formula is C26H27ClF3N3O5S. The molecule has 4 rings (SSSR count). The van der Waals surface area contributed by atoms with Crippen molar-refractivity contribution in [3.63, 3.8) is 0 Å². The van der Waals surface area contributed by atoms with E-state index in [1.165, 1.54) is 28.9 Å². The molecule has 1 amide bonds. The molecule has 1 aromatic heterocycles. The molecule has 0 bridgehead atoms. The fourth-order valence-corrected chi connectivity index (χ4v) is 5.94. The van der Waals surface area contributed by atoms with Gasteiger partial charge in [-0.15, -0.1) is 0 Å². The zero-order chi connectivity index (χ0) is 28.5.